The van der Waals surface area contributed by atoms with E-state index in [0.717, 1.165) is 6.42 Å². The van der Waals surface area contributed by atoms with Gasteiger partial charge in [0.1, 0.15) is 0 Å². The molecule has 1 N–H and O–H groups in total. The van der Waals surface area contributed by atoms with Gasteiger partial charge in [-0.25, -0.2) is 0 Å². The molecule has 0 aromatic carbocycles. The maximum Gasteiger partial charge on any atom is 0.306 e. The van der Waals surface area contributed by atoms with E-state index in [1.165, 1.54) is 10.4 Å². The van der Waals surface area contributed by atoms with Gasteiger partial charge in [-0.05, 0) is 29.3 Å². The van der Waals surface area contributed by atoms with Crippen LogP contribution in [0.2, 0.25) is 0 Å². The third-order valence-electron chi connectivity index (χ3n) is 3.17. The van der Waals surface area contributed by atoms with Crippen LogP contribution in [0.1, 0.15) is 30.2 Å². The summed E-state index contributed by atoms with van der Waals surface area (Å²) in [5.41, 5.74) is 1.36. The SMILES string of the molecule is CC1Cc2ccsc2C1C(C)C(=O)O. The Labute approximate surface area is 87.6 Å². The molecule has 14 heavy (non-hydrogen) atoms. The standard InChI is InChI=1S/C11H14O2S/c1-6-5-8-3-4-14-10(8)9(6)7(2)11(12)13/h3-4,6-7,9H,5H2,1-2H3,(H,12,13). The van der Waals surface area contributed by atoms with Gasteiger partial charge in [0, 0.05) is 10.8 Å². The summed E-state index contributed by atoms with van der Waals surface area (Å²) >= 11 is 1.71. The van der Waals surface area contributed by atoms with Gasteiger partial charge in [-0.15, -0.1) is 11.3 Å². The number of rotatable bonds is 2. The minimum Gasteiger partial charge on any atom is -0.481 e. The summed E-state index contributed by atoms with van der Waals surface area (Å²) in [6.45, 7) is 3.97. The van der Waals surface area contributed by atoms with Crippen LogP contribution in [0.25, 0.3) is 0 Å². The highest BCUT2D eigenvalue weighted by Gasteiger charge is 2.37. The fourth-order valence-electron chi connectivity index (χ4n) is 2.41. The van der Waals surface area contributed by atoms with Gasteiger partial charge in [0.25, 0.3) is 0 Å². The first-order valence-corrected chi connectivity index (χ1v) is 5.78. The van der Waals surface area contributed by atoms with Crippen molar-refractivity contribution in [3.8, 4) is 0 Å². The fraction of sp³-hybridized carbons (Fsp3) is 0.545. The molecule has 0 spiro atoms. The Morgan fingerprint density at radius 1 is 1.71 bits per heavy atom. The molecule has 1 aromatic heterocycles. The maximum absolute atomic E-state index is 11.0. The van der Waals surface area contributed by atoms with Crippen LogP contribution in [0, 0.1) is 11.8 Å². The number of carboxylic acid groups (broad SMARTS) is 1. The highest BCUT2D eigenvalue weighted by Crippen LogP contribution is 2.45. The van der Waals surface area contributed by atoms with E-state index in [4.69, 9.17) is 5.11 Å². The van der Waals surface area contributed by atoms with Gasteiger partial charge in [-0.1, -0.05) is 13.8 Å². The van der Waals surface area contributed by atoms with E-state index in [1.54, 1.807) is 11.3 Å². The van der Waals surface area contributed by atoms with Crippen molar-refractivity contribution in [2.45, 2.75) is 26.2 Å². The number of carbonyl (C=O) groups is 1. The number of thiophene rings is 1. The average Bonchev–Trinajstić information content (AvgIpc) is 2.62. The highest BCUT2D eigenvalue weighted by molar-refractivity contribution is 7.10. The second-order valence-corrected chi connectivity index (χ2v) is 5.09. The van der Waals surface area contributed by atoms with Gasteiger partial charge >= 0.3 is 5.97 Å². The highest BCUT2D eigenvalue weighted by atomic mass is 32.1. The van der Waals surface area contributed by atoms with Gasteiger partial charge in [-0.2, -0.15) is 0 Å². The van der Waals surface area contributed by atoms with E-state index in [0.29, 0.717) is 5.92 Å². The van der Waals surface area contributed by atoms with E-state index in [-0.39, 0.29) is 11.8 Å². The monoisotopic (exact) mass is 210 g/mol. The number of hydrogen-bond donors (Lipinski definition) is 1. The molecular formula is C11H14O2S. The molecule has 0 aliphatic heterocycles. The van der Waals surface area contributed by atoms with Crippen LogP contribution in [0.4, 0.5) is 0 Å². The molecule has 3 unspecified atom stereocenters. The zero-order chi connectivity index (χ0) is 10.3. The van der Waals surface area contributed by atoms with Gasteiger partial charge in [0.05, 0.1) is 5.92 Å². The Balaban J connectivity index is 2.32. The Hall–Kier alpha value is -0.830. The van der Waals surface area contributed by atoms with Crippen LogP contribution in [0.5, 0.6) is 0 Å². The molecule has 0 amide bonds. The number of aliphatic carboxylic acids is 1. The lowest BCUT2D eigenvalue weighted by molar-refractivity contribution is -0.142. The van der Waals surface area contributed by atoms with Crippen LogP contribution >= 0.6 is 11.3 Å². The Morgan fingerprint density at radius 2 is 2.43 bits per heavy atom. The van der Waals surface area contributed by atoms with Gasteiger partial charge in [-0.3, -0.25) is 4.79 Å². The van der Waals surface area contributed by atoms with E-state index < -0.39 is 5.97 Å². The van der Waals surface area contributed by atoms with Crippen molar-refractivity contribution in [1.82, 2.24) is 0 Å². The molecule has 2 nitrogen and oxygen atoms in total. The van der Waals surface area contributed by atoms with Crippen molar-refractivity contribution >= 4 is 17.3 Å². The van der Waals surface area contributed by atoms with Crippen molar-refractivity contribution in [1.29, 1.82) is 0 Å². The first kappa shape index (κ1) is 9.71. The minimum atomic E-state index is -0.678. The lowest BCUT2D eigenvalue weighted by atomic mass is 9.86. The smallest absolute Gasteiger partial charge is 0.306 e. The quantitative estimate of drug-likeness (QED) is 0.815. The van der Waals surface area contributed by atoms with Crippen LogP contribution in [0.15, 0.2) is 11.4 Å². The Kier molecular flexibility index (Phi) is 2.35. The first-order chi connectivity index (χ1) is 6.61. The summed E-state index contributed by atoms with van der Waals surface area (Å²) in [4.78, 5) is 12.3. The maximum atomic E-state index is 11.0. The van der Waals surface area contributed by atoms with Crippen LogP contribution in [-0.2, 0) is 11.2 Å². The van der Waals surface area contributed by atoms with Gasteiger partial charge in [0.15, 0.2) is 0 Å². The zero-order valence-electron chi connectivity index (χ0n) is 8.36. The third-order valence-corrected chi connectivity index (χ3v) is 4.23. The number of carboxylic acids is 1. The molecule has 0 saturated carbocycles. The second kappa shape index (κ2) is 3.39. The summed E-state index contributed by atoms with van der Waals surface area (Å²) < 4.78 is 0. The molecule has 0 saturated heterocycles. The van der Waals surface area contributed by atoms with E-state index in [9.17, 15) is 4.79 Å². The lowest BCUT2D eigenvalue weighted by Crippen LogP contribution is -2.21. The van der Waals surface area contributed by atoms with Crippen molar-refractivity contribution < 1.29 is 9.90 Å². The molecule has 1 aromatic rings. The normalized spacial score (nSPS) is 27.3. The fourth-order valence-corrected chi connectivity index (χ4v) is 3.69. The predicted octanol–water partition coefficient (Wildman–Crippen LogP) is 2.74. The van der Waals surface area contributed by atoms with Gasteiger partial charge in [0.2, 0.25) is 0 Å². The molecule has 3 heteroatoms. The van der Waals surface area contributed by atoms with E-state index >= 15 is 0 Å². The lowest BCUT2D eigenvalue weighted by Gasteiger charge is -2.19. The second-order valence-electron chi connectivity index (χ2n) is 4.14. The molecule has 1 heterocycles. The van der Waals surface area contributed by atoms with Crippen molar-refractivity contribution in [2.24, 2.45) is 11.8 Å². The molecule has 0 radical (unpaired) electrons. The number of fused-ring (bicyclic) bond motifs is 1. The van der Waals surface area contributed by atoms with Gasteiger partial charge < -0.3 is 5.11 Å². The van der Waals surface area contributed by atoms with Crippen LogP contribution < -0.4 is 0 Å². The molecule has 3 atom stereocenters. The predicted molar refractivity (Wildman–Crippen MR) is 56.7 cm³/mol. The topological polar surface area (TPSA) is 37.3 Å². The summed E-state index contributed by atoms with van der Waals surface area (Å²) in [6, 6.07) is 2.13. The summed E-state index contributed by atoms with van der Waals surface area (Å²) in [5, 5.41) is 11.1. The Bertz CT molecular complexity index is 356. The molecule has 0 bridgehead atoms. The largest absolute Gasteiger partial charge is 0.481 e. The zero-order valence-corrected chi connectivity index (χ0v) is 9.17. The molecule has 1 aliphatic rings. The Morgan fingerprint density at radius 3 is 3.07 bits per heavy atom. The molecule has 2 rings (SSSR count). The average molecular weight is 210 g/mol. The minimum absolute atomic E-state index is 0.225. The molecule has 1 aliphatic carbocycles. The van der Waals surface area contributed by atoms with Crippen molar-refractivity contribution in [3.63, 3.8) is 0 Å². The summed E-state index contributed by atoms with van der Waals surface area (Å²) in [5.74, 6) is -0.237. The van der Waals surface area contributed by atoms with Crippen LogP contribution in [0.3, 0.4) is 0 Å². The summed E-state index contributed by atoms with van der Waals surface area (Å²) in [7, 11) is 0. The summed E-state index contributed by atoms with van der Waals surface area (Å²) in [6.07, 6.45) is 1.04. The van der Waals surface area contributed by atoms with Crippen molar-refractivity contribution in [3.05, 3.63) is 21.9 Å². The van der Waals surface area contributed by atoms with Crippen molar-refractivity contribution in [2.75, 3.05) is 0 Å². The molecule has 0 fully saturated rings. The third kappa shape index (κ3) is 1.36. The first-order valence-electron chi connectivity index (χ1n) is 4.90. The van der Waals surface area contributed by atoms with E-state index in [1.807, 2.05) is 6.92 Å². The van der Waals surface area contributed by atoms with Crippen LogP contribution in [-0.4, -0.2) is 11.1 Å². The number of hydrogen-bond acceptors (Lipinski definition) is 2. The molecule has 76 valence electrons. The molecular weight excluding hydrogens is 196 g/mol. The van der Waals surface area contributed by atoms with E-state index in [2.05, 4.69) is 18.4 Å².